The third kappa shape index (κ3) is 2.74. The smallest absolute Gasteiger partial charge is 0.224 e. The second-order valence-electron chi connectivity index (χ2n) is 2.58. The molecule has 0 saturated heterocycles. The van der Waals surface area contributed by atoms with E-state index in [0.717, 1.165) is 18.4 Å². The molecule has 1 amide bonds. The van der Waals surface area contributed by atoms with Gasteiger partial charge in [0.05, 0.1) is 5.92 Å². The van der Waals surface area contributed by atoms with Crippen LogP contribution < -0.4 is 5.73 Å². The molecule has 0 aromatic heterocycles. The van der Waals surface area contributed by atoms with Gasteiger partial charge in [-0.05, 0) is 19.8 Å². The van der Waals surface area contributed by atoms with Crippen molar-refractivity contribution in [2.75, 3.05) is 0 Å². The van der Waals surface area contributed by atoms with E-state index in [4.69, 9.17) is 5.73 Å². The van der Waals surface area contributed by atoms with Crippen LogP contribution in [0.5, 0.6) is 0 Å². The van der Waals surface area contributed by atoms with Crippen LogP contribution in [0.1, 0.15) is 33.6 Å². The van der Waals surface area contributed by atoms with Crippen molar-refractivity contribution in [3.8, 4) is 0 Å². The lowest BCUT2D eigenvalue weighted by Crippen LogP contribution is -2.24. The predicted octanol–water partition coefficient (Wildman–Crippen LogP) is 1.85. The van der Waals surface area contributed by atoms with Crippen molar-refractivity contribution in [2.24, 2.45) is 11.7 Å². The minimum absolute atomic E-state index is 0.0509. The molecule has 1 unspecified atom stereocenters. The molecule has 0 spiro atoms. The standard InChI is InChI=1S/C9H17NO/c1-4-7(5-2)8(6-3)9(10)11/h4,8H,5-6H2,1-3H3,(H2,10,11)/b7-4+. The van der Waals surface area contributed by atoms with Crippen molar-refractivity contribution in [2.45, 2.75) is 33.6 Å². The van der Waals surface area contributed by atoms with Crippen LogP contribution in [0.4, 0.5) is 0 Å². The quantitative estimate of drug-likeness (QED) is 0.618. The number of hydrogen-bond acceptors (Lipinski definition) is 1. The van der Waals surface area contributed by atoms with Gasteiger partial charge in [-0.15, -0.1) is 0 Å². The Morgan fingerprint density at radius 3 is 2.18 bits per heavy atom. The molecule has 0 aromatic rings. The minimum Gasteiger partial charge on any atom is -0.369 e. The number of primary amides is 1. The first kappa shape index (κ1) is 10.2. The van der Waals surface area contributed by atoms with Gasteiger partial charge in [0, 0.05) is 0 Å². The fraction of sp³-hybridized carbons (Fsp3) is 0.667. The normalized spacial score (nSPS) is 14.6. The van der Waals surface area contributed by atoms with E-state index >= 15 is 0 Å². The molecule has 0 radical (unpaired) electrons. The molecule has 0 fully saturated rings. The Kier molecular flexibility index (Phi) is 4.59. The molecule has 2 heteroatoms. The van der Waals surface area contributed by atoms with Crippen LogP contribution in [0, 0.1) is 5.92 Å². The predicted molar refractivity (Wildman–Crippen MR) is 47.0 cm³/mol. The number of nitrogens with two attached hydrogens (primary N) is 1. The molecule has 11 heavy (non-hydrogen) atoms. The molecule has 64 valence electrons. The summed E-state index contributed by atoms with van der Waals surface area (Å²) in [7, 11) is 0. The molecule has 0 aliphatic heterocycles. The van der Waals surface area contributed by atoms with Gasteiger partial charge in [0.25, 0.3) is 0 Å². The summed E-state index contributed by atoms with van der Waals surface area (Å²) in [5, 5.41) is 0. The zero-order valence-corrected chi connectivity index (χ0v) is 7.55. The zero-order valence-electron chi connectivity index (χ0n) is 7.55. The van der Waals surface area contributed by atoms with Gasteiger partial charge in [-0.3, -0.25) is 4.79 Å². The summed E-state index contributed by atoms with van der Waals surface area (Å²) in [4.78, 5) is 10.9. The van der Waals surface area contributed by atoms with E-state index in [1.807, 2.05) is 26.8 Å². The van der Waals surface area contributed by atoms with Crippen LogP contribution in [-0.4, -0.2) is 5.91 Å². The highest BCUT2D eigenvalue weighted by molar-refractivity contribution is 5.79. The first-order valence-corrected chi connectivity index (χ1v) is 4.11. The van der Waals surface area contributed by atoms with Crippen molar-refractivity contribution >= 4 is 5.91 Å². The lowest BCUT2D eigenvalue weighted by atomic mass is 9.93. The molecule has 0 rings (SSSR count). The Morgan fingerprint density at radius 2 is 2.09 bits per heavy atom. The lowest BCUT2D eigenvalue weighted by Gasteiger charge is -2.12. The maximum absolute atomic E-state index is 10.9. The fourth-order valence-corrected chi connectivity index (χ4v) is 1.30. The Hall–Kier alpha value is -0.790. The van der Waals surface area contributed by atoms with Crippen LogP contribution >= 0.6 is 0 Å². The first-order chi connectivity index (χ1) is 5.17. The van der Waals surface area contributed by atoms with Gasteiger partial charge in [-0.1, -0.05) is 25.5 Å². The molecular weight excluding hydrogens is 138 g/mol. The second-order valence-corrected chi connectivity index (χ2v) is 2.58. The molecule has 0 bridgehead atoms. The molecule has 0 aliphatic carbocycles. The summed E-state index contributed by atoms with van der Waals surface area (Å²) >= 11 is 0. The minimum atomic E-state index is -0.206. The van der Waals surface area contributed by atoms with E-state index in [2.05, 4.69) is 0 Å². The van der Waals surface area contributed by atoms with E-state index in [9.17, 15) is 4.79 Å². The Bertz CT molecular complexity index is 161. The summed E-state index contributed by atoms with van der Waals surface area (Å²) in [6.07, 6.45) is 3.71. The monoisotopic (exact) mass is 155 g/mol. The van der Waals surface area contributed by atoms with Gasteiger partial charge in [0.1, 0.15) is 0 Å². The summed E-state index contributed by atoms with van der Waals surface area (Å²) < 4.78 is 0. The van der Waals surface area contributed by atoms with Crippen LogP contribution in [0.15, 0.2) is 11.6 Å². The number of carbonyl (C=O) groups is 1. The molecule has 0 aromatic carbocycles. The third-order valence-electron chi connectivity index (χ3n) is 1.98. The van der Waals surface area contributed by atoms with Gasteiger partial charge >= 0.3 is 0 Å². The van der Waals surface area contributed by atoms with Gasteiger partial charge in [0.15, 0.2) is 0 Å². The van der Waals surface area contributed by atoms with Gasteiger partial charge in [0.2, 0.25) is 5.91 Å². The fourth-order valence-electron chi connectivity index (χ4n) is 1.30. The topological polar surface area (TPSA) is 43.1 Å². The molecule has 2 N–H and O–H groups in total. The van der Waals surface area contributed by atoms with E-state index in [1.165, 1.54) is 0 Å². The molecule has 1 atom stereocenters. The summed E-state index contributed by atoms with van der Waals surface area (Å²) in [6.45, 7) is 5.97. The summed E-state index contributed by atoms with van der Waals surface area (Å²) in [5.41, 5.74) is 6.37. The summed E-state index contributed by atoms with van der Waals surface area (Å²) in [6, 6.07) is 0. The van der Waals surface area contributed by atoms with Gasteiger partial charge in [-0.2, -0.15) is 0 Å². The largest absolute Gasteiger partial charge is 0.369 e. The molecular formula is C9H17NO. The number of amides is 1. The van der Waals surface area contributed by atoms with Crippen molar-refractivity contribution in [3.63, 3.8) is 0 Å². The van der Waals surface area contributed by atoms with E-state index < -0.39 is 0 Å². The van der Waals surface area contributed by atoms with Crippen molar-refractivity contribution in [1.29, 1.82) is 0 Å². The first-order valence-electron chi connectivity index (χ1n) is 4.11. The molecule has 0 aliphatic rings. The van der Waals surface area contributed by atoms with Crippen LogP contribution in [0.25, 0.3) is 0 Å². The SMILES string of the molecule is C/C=C(\CC)C(CC)C(N)=O. The van der Waals surface area contributed by atoms with Crippen LogP contribution in [0.3, 0.4) is 0 Å². The third-order valence-corrected chi connectivity index (χ3v) is 1.98. The Balaban J connectivity index is 4.35. The van der Waals surface area contributed by atoms with E-state index in [-0.39, 0.29) is 11.8 Å². The van der Waals surface area contributed by atoms with Gasteiger partial charge < -0.3 is 5.73 Å². The van der Waals surface area contributed by atoms with E-state index in [0.29, 0.717) is 0 Å². The highest BCUT2D eigenvalue weighted by Crippen LogP contribution is 2.17. The number of rotatable bonds is 4. The average molecular weight is 155 g/mol. The van der Waals surface area contributed by atoms with Crippen molar-refractivity contribution in [1.82, 2.24) is 0 Å². The van der Waals surface area contributed by atoms with Crippen molar-refractivity contribution < 1.29 is 4.79 Å². The van der Waals surface area contributed by atoms with Crippen LogP contribution in [-0.2, 0) is 4.79 Å². The zero-order chi connectivity index (χ0) is 8.85. The Morgan fingerprint density at radius 1 is 1.55 bits per heavy atom. The number of allylic oxidation sites excluding steroid dienone is 1. The van der Waals surface area contributed by atoms with Crippen molar-refractivity contribution in [3.05, 3.63) is 11.6 Å². The summed E-state index contributed by atoms with van der Waals surface area (Å²) in [5.74, 6) is -0.257. The maximum atomic E-state index is 10.9. The number of hydrogen-bond donors (Lipinski definition) is 1. The average Bonchev–Trinajstić information content (AvgIpc) is 1.99. The molecule has 0 heterocycles. The highest BCUT2D eigenvalue weighted by atomic mass is 16.1. The van der Waals surface area contributed by atoms with E-state index in [1.54, 1.807) is 0 Å². The maximum Gasteiger partial charge on any atom is 0.224 e. The number of carbonyl (C=O) groups excluding carboxylic acids is 1. The lowest BCUT2D eigenvalue weighted by molar-refractivity contribution is -0.120. The second kappa shape index (κ2) is 4.94. The molecule has 0 saturated carbocycles. The van der Waals surface area contributed by atoms with Gasteiger partial charge in [-0.25, -0.2) is 0 Å². The Labute approximate surface area is 68.5 Å². The van der Waals surface area contributed by atoms with Crippen LogP contribution in [0.2, 0.25) is 0 Å². The highest BCUT2D eigenvalue weighted by Gasteiger charge is 2.15. The molecule has 2 nitrogen and oxygen atoms in total.